The molecule has 3 N–H and O–H groups in total. The number of piperidine rings is 2. The minimum absolute atomic E-state index is 0.211. The predicted molar refractivity (Wildman–Crippen MR) is 121 cm³/mol. The Morgan fingerprint density at radius 3 is 2.42 bits per heavy atom. The van der Waals surface area contributed by atoms with E-state index in [9.17, 15) is 14.7 Å². The van der Waals surface area contributed by atoms with Crippen LogP contribution in [0.3, 0.4) is 0 Å². The van der Waals surface area contributed by atoms with Crippen molar-refractivity contribution in [3.63, 3.8) is 0 Å². The number of H-pyrrole nitrogens is 1. The van der Waals surface area contributed by atoms with Gasteiger partial charge in [-0.25, -0.2) is 0 Å². The first-order chi connectivity index (χ1) is 14.9. The zero-order chi connectivity index (χ0) is 22.0. The number of carbonyl (C=O) groups is 2. The number of hydrogen-bond donors (Lipinski definition) is 3. The normalized spacial score (nSPS) is 20.2. The highest BCUT2D eigenvalue weighted by Gasteiger charge is 2.33. The van der Waals surface area contributed by atoms with Gasteiger partial charge in [0.2, 0.25) is 5.91 Å². The number of hydrogen-bond acceptors (Lipinski definition) is 4. The van der Waals surface area contributed by atoms with Gasteiger partial charge in [-0.3, -0.25) is 9.59 Å². The van der Waals surface area contributed by atoms with E-state index in [0.29, 0.717) is 29.7 Å². The van der Waals surface area contributed by atoms with E-state index in [4.69, 9.17) is 11.6 Å². The summed E-state index contributed by atoms with van der Waals surface area (Å²) in [4.78, 5) is 32.8. The van der Waals surface area contributed by atoms with Gasteiger partial charge in [-0.2, -0.15) is 0 Å². The van der Waals surface area contributed by atoms with Crippen molar-refractivity contribution in [2.75, 3.05) is 39.8 Å². The van der Waals surface area contributed by atoms with E-state index in [2.05, 4.69) is 22.2 Å². The van der Waals surface area contributed by atoms with Crippen molar-refractivity contribution in [1.82, 2.24) is 20.1 Å². The van der Waals surface area contributed by atoms with E-state index in [1.807, 2.05) is 0 Å². The number of aliphatic hydroxyl groups is 1. The third kappa shape index (κ3) is 5.05. The quantitative estimate of drug-likeness (QED) is 0.658. The van der Waals surface area contributed by atoms with E-state index in [1.165, 1.54) is 12.8 Å². The largest absolute Gasteiger partial charge is 0.394 e. The molecule has 2 fully saturated rings. The number of halogens is 1. The summed E-state index contributed by atoms with van der Waals surface area (Å²) in [5, 5.41) is 13.9. The minimum Gasteiger partial charge on any atom is -0.394 e. The highest BCUT2D eigenvalue weighted by molar-refractivity contribution is 6.31. The summed E-state index contributed by atoms with van der Waals surface area (Å²) >= 11 is 6.01. The van der Waals surface area contributed by atoms with E-state index >= 15 is 0 Å². The summed E-state index contributed by atoms with van der Waals surface area (Å²) in [6.45, 7) is 3.26. The summed E-state index contributed by atoms with van der Waals surface area (Å²) in [6.07, 6.45) is 4.46. The molecular weight excluding hydrogens is 416 g/mol. The molecule has 3 heterocycles. The van der Waals surface area contributed by atoms with Gasteiger partial charge in [0.15, 0.2) is 0 Å². The summed E-state index contributed by atoms with van der Waals surface area (Å²) in [7, 11) is 2.17. The lowest BCUT2D eigenvalue weighted by atomic mass is 9.79. The summed E-state index contributed by atoms with van der Waals surface area (Å²) in [5.74, 6) is 0.785. The number of aromatic amines is 1. The van der Waals surface area contributed by atoms with E-state index in [-0.39, 0.29) is 5.91 Å². The van der Waals surface area contributed by atoms with Crippen LogP contribution in [0.1, 0.15) is 36.2 Å². The second-order valence-corrected chi connectivity index (χ2v) is 9.36. The van der Waals surface area contributed by atoms with Crippen LogP contribution < -0.4 is 5.32 Å². The molecule has 0 saturated carbocycles. The predicted octanol–water partition coefficient (Wildman–Crippen LogP) is 2.49. The van der Waals surface area contributed by atoms with Crippen molar-refractivity contribution in [3.8, 4) is 0 Å². The van der Waals surface area contributed by atoms with Crippen LogP contribution in [0.5, 0.6) is 0 Å². The van der Waals surface area contributed by atoms with Crippen LogP contribution in [-0.4, -0.2) is 77.6 Å². The van der Waals surface area contributed by atoms with Gasteiger partial charge in [-0.1, -0.05) is 11.6 Å². The molecule has 2 aliphatic rings. The molecule has 0 aliphatic carbocycles. The number of aromatic nitrogens is 1. The molecule has 2 saturated heterocycles. The number of aliphatic hydroxyl groups excluding tert-OH is 1. The fourth-order valence-corrected chi connectivity index (χ4v) is 5.14. The van der Waals surface area contributed by atoms with Crippen LogP contribution in [0.15, 0.2) is 24.3 Å². The molecule has 0 unspecified atom stereocenters. The molecular formula is C23H31ClN4O3. The van der Waals surface area contributed by atoms with Gasteiger partial charge in [0.1, 0.15) is 11.7 Å². The highest BCUT2D eigenvalue weighted by atomic mass is 35.5. The molecule has 7 nitrogen and oxygen atoms in total. The van der Waals surface area contributed by atoms with Gasteiger partial charge in [0, 0.05) is 29.0 Å². The van der Waals surface area contributed by atoms with Crippen molar-refractivity contribution in [3.05, 3.63) is 35.0 Å². The standard InChI is InChI=1S/C23H31ClN4O3/c1-27-8-4-15(5-9-27)16-6-10-28(11-7-16)23(31)21(14-29)26-22(30)20-13-17-12-18(24)2-3-19(17)25-20/h2-3,12-13,15-16,21,25,29H,4-11,14H2,1H3,(H,26,30)/t21-/m0/s1. The first-order valence-corrected chi connectivity index (χ1v) is 11.5. The number of carbonyl (C=O) groups excluding carboxylic acids is 2. The van der Waals surface area contributed by atoms with Crippen molar-refractivity contribution >= 4 is 34.3 Å². The second-order valence-electron chi connectivity index (χ2n) is 8.93. The topological polar surface area (TPSA) is 88.7 Å². The van der Waals surface area contributed by atoms with E-state index < -0.39 is 18.6 Å². The van der Waals surface area contributed by atoms with E-state index in [0.717, 1.165) is 42.8 Å². The lowest BCUT2D eigenvalue weighted by Crippen LogP contribution is -2.53. The van der Waals surface area contributed by atoms with Gasteiger partial charge in [0.25, 0.3) is 5.91 Å². The molecule has 1 aromatic heterocycles. The monoisotopic (exact) mass is 446 g/mol. The number of amides is 2. The summed E-state index contributed by atoms with van der Waals surface area (Å²) in [5.41, 5.74) is 1.13. The summed E-state index contributed by atoms with van der Waals surface area (Å²) in [6, 6.07) is 6.08. The van der Waals surface area contributed by atoms with Gasteiger partial charge in [-0.05, 0) is 81.9 Å². The summed E-state index contributed by atoms with van der Waals surface area (Å²) < 4.78 is 0. The Hall–Kier alpha value is -2.09. The molecule has 31 heavy (non-hydrogen) atoms. The molecule has 0 radical (unpaired) electrons. The third-order valence-electron chi connectivity index (χ3n) is 6.89. The number of nitrogens with zero attached hydrogens (tertiary/aromatic N) is 2. The maximum Gasteiger partial charge on any atom is 0.268 e. The number of likely N-dealkylation sites (tertiary alicyclic amines) is 2. The van der Waals surface area contributed by atoms with Crippen molar-refractivity contribution < 1.29 is 14.7 Å². The molecule has 2 aromatic rings. The average Bonchev–Trinajstić information content (AvgIpc) is 3.21. The third-order valence-corrected chi connectivity index (χ3v) is 7.13. The number of rotatable bonds is 5. The SMILES string of the molecule is CN1CCC(C2CCN(C(=O)[C@H](CO)NC(=O)c3cc4cc(Cl)ccc4[nH]3)CC2)CC1. The zero-order valence-electron chi connectivity index (χ0n) is 17.9. The molecule has 168 valence electrons. The van der Waals surface area contributed by atoms with Gasteiger partial charge < -0.3 is 25.2 Å². The Labute approximate surface area is 187 Å². The fraction of sp³-hybridized carbons (Fsp3) is 0.565. The molecule has 8 heteroatoms. The Kier molecular flexibility index (Phi) is 6.84. The minimum atomic E-state index is -0.942. The molecule has 0 spiro atoms. The zero-order valence-corrected chi connectivity index (χ0v) is 18.7. The van der Waals surface area contributed by atoms with Crippen molar-refractivity contribution in [2.45, 2.75) is 31.7 Å². The molecule has 2 aliphatic heterocycles. The second kappa shape index (κ2) is 9.59. The van der Waals surface area contributed by atoms with Crippen LogP contribution in [0.4, 0.5) is 0 Å². The van der Waals surface area contributed by atoms with Crippen LogP contribution >= 0.6 is 11.6 Å². The van der Waals surface area contributed by atoms with Crippen LogP contribution in [0, 0.1) is 11.8 Å². The number of benzene rings is 1. The lowest BCUT2D eigenvalue weighted by molar-refractivity contribution is -0.136. The lowest BCUT2D eigenvalue weighted by Gasteiger charge is -2.40. The number of nitrogens with one attached hydrogen (secondary N) is 2. The van der Waals surface area contributed by atoms with Gasteiger partial charge in [-0.15, -0.1) is 0 Å². The molecule has 1 aromatic carbocycles. The van der Waals surface area contributed by atoms with Crippen molar-refractivity contribution in [2.24, 2.45) is 11.8 Å². The average molecular weight is 447 g/mol. The fourth-order valence-electron chi connectivity index (χ4n) is 4.96. The smallest absolute Gasteiger partial charge is 0.268 e. The first-order valence-electron chi connectivity index (χ1n) is 11.1. The first kappa shape index (κ1) is 22.1. The molecule has 0 bridgehead atoms. The Bertz CT molecular complexity index is 930. The van der Waals surface area contributed by atoms with Crippen LogP contribution in [-0.2, 0) is 4.79 Å². The van der Waals surface area contributed by atoms with E-state index in [1.54, 1.807) is 29.2 Å². The van der Waals surface area contributed by atoms with Gasteiger partial charge in [0.05, 0.1) is 6.61 Å². The molecule has 1 atom stereocenters. The van der Waals surface area contributed by atoms with Crippen LogP contribution in [0.25, 0.3) is 10.9 Å². The Morgan fingerprint density at radius 1 is 1.13 bits per heavy atom. The maximum absolute atomic E-state index is 13.0. The molecule has 2 amide bonds. The van der Waals surface area contributed by atoms with Crippen LogP contribution in [0.2, 0.25) is 5.02 Å². The number of fused-ring (bicyclic) bond motifs is 1. The highest BCUT2D eigenvalue weighted by Crippen LogP contribution is 2.32. The molecule has 4 rings (SSSR count). The Morgan fingerprint density at radius 2 is 1.77 bits per heavy atom. The Balaban J connectivity index is 1.33. The maximum atomic E-state index is 13.0. The van der Waals surface area contributed by atoms with Crippen molar-refractivity contribution in [1.29, 1.82) is 0 Å². The van der Waals surface area contributed by atoms with Gasteiger partial charge >= 0.3 is 0 Å².